The lowest BCUT2D eigenvalue weighted by Gasteiger charge is -2.40. The van der Waals surface area contributed by atoms with E-state index in [0.29, 0.717) is 31.3 Å². The number of hydrogen-bond donors (Lipinski definition) is 2. The minimum Gasteiger partial charge on any atom is -0.444 e. The molecule has 1 atom stereocenters. The molecule has 26 heavy (non-hydrogen) atoms. The molecule has 154 valence electrons. The Balaban J connectivity index is 0.00000625. The second kappa shape index (κ2) is 10.7. The SMILES string of the molecule is CCNC(=NCCS(=O)C(C)(C)C)NC1CN(C(=O)OC(C)(C)C)C1.I. The zero-order valence-corrected chi connectivity index (χ0v) is 20.2. The first kappa shape index (κ1) is 25.4. The van der Waals surface area contributed by atoms with Crippen LogP contribution in [0.5, 0.6) is 0 Å². The van der Waals surface area contributed by atoms with Crippen molar-refractivity contribution in [1.29, 1.82) is 0 Å². The van der Waals surface area contributed by atoms with E-state index < -0.39 is 16.4 Å². The monoisotopic (exact) mass is 502 g/mol. The number of likely N-dealkylation sites (tertiary alicyclic amines) is 1. The summed E-state index contributed by atoms with van der Waals surface area (Å²) >= 11 is 0. The largest absolute Gasteiger partial charge is 0.444 e. The summed E-state index contributed by atoms with van der Waals surface area (Å²) in [6, 6.07) is 0.151. The molecule has 1 unspecified atom stereocenters. The molecule has 0 bridgehead atoms. The Labute approximate surface area is 177 Å². The summed E-state index contributed by atoms with van der Waals surface area (Å²) in [7, 11) is -0.912. The minimum atomic E-state index is -0.912. The van der Waals surface area contributed by atoms with Crippen molar-refractivity contribution >= 4 is 46.8 Å². The third-order valence-corrected chi connectivity index (χ3v) is 5.37. The van der Waals surface area contributed by atoms with Gasteiger partial charge in [0.15, 0.2) is 5.96 Å². The normalized spacial score (nSPS) is 17.0. The summed E-state index contributed by atoms with van der Waals surface area (Å²) in [4.78, 5) is 18.1. The predicted molar refractivity (Wildman–Crippen MR) is 119 cm³/mol. The summed E-state index contributed by atoms with van der Waals surface area (Å²) in [6.07, 6.45) is -0.284. The molecule has 7 nitrogen and oxygen atoms in total. The number of carbonyl (C=O) groups is 1. The number of guanidine groups is 1. The van der Waals surface area contributed by atoms with E-state index in [2.05, 4.69) is 15.6 Å². The predicted octanol–water partition coefficient (Wildman–Crippen LogP) is 2.33. The van der Waals surface area contributed by atoms with Gasteiger partial charge in [0.25, 0.3) is 0 Å². The number of nitrogens with one attached hydrogen (secondary N) is 2. The molecule has 1 amide bonds. The van der Waals surface area contributed by atoms with Gasteiger partial charge in [0.2, 0.25) is 0 Å². The van der Waals surface area contributed by atoms with Crippen molar-refractivity contribution in [2.45, 2.75) is 64.9 Å². The first-order valence-electron chi connectivity index (χ1n) is 8.83. The van der Waals surface area contributed by atoms with E-state index in [0.717, 1.165) is 6.54 Å². The first-order chi connectivity index (χ1) is 11.4. The highest BCUT2D eigenvalue weighted by Gasteiger charge is 2.34. The number of carbonyl (C=O) groups excluding carboxylic acids is 1. The molecular formula is C17H35IN4O3S. The molecule has 1 rings (SSSR count). The third kappa shape index (κ3) is 9.38. The van der Waals surface area contributed by atoms with Crippen molar-refractivity contribution in [2.75, 3.05) is 31.9 Å². The van der Waals surface area contributed by atoms with Crippen molar-refractivity contribution in [3.63, 3.8) is 0 Å². The molecule has 0 aromatic rings. The van der Waals surface area contributed by atoms with Crippen molar-refractivity contribution in [1.82, 2.24) is 15.5 Å². The Hall–Kier alpha value is -0.580. The first-order valence-corrected chi connectivity index (χ1v) is 10.2. The van der Waals surface area contributed by atoms with Gasteiger partial charge in [-0.3, -0.25) is 9.20 Å². The van der Waals surface area contributed by atoms with Gasteiger partial charge in [0.05, 0.1) is 12.6 Å². The van der Waals surface area contributed by atoms with Crippen LogP contribution in [0.3, 0.4) is 0 Å². The van der Waals surface area contributed by atoms with Crippen molar-refractivity contribution in [3.05, 3.63) is 0 Å². The highest BCUT2D eigenvalue weighted by molar-refractivity contribution is 14.0. The van der Waals surface area contributed by atoms with Crippen LogP contribution in [0.4, 0.5) is 4.79 Å². The zero-order valence-electron chi connectivity index (χ0n) is 17.0. The van der Waals surface area contributed by atoms with Crippen LogP contribution in [0.15, 0.2) is 4.99 Å². The molecule has 1 saturated heterocycles. The fourth-order valence-corrected chi connectivity index (χ4v) is 2.97. The van der Waals surface area contributed by atoms with Gasteiger partial charge in [0.1, 0.15) is 5.60 Å². The Bertz CT molecular complexity index is 509. The number of hydrogen-bond acceptors (Lipinski definition) is 4. The average Bonchev–Trinajstić information content (AvgIpc) is 2.38. The summed E-state index contributed by atoms with van der Waals surface area (Å²) < 4.78 is 17.2. The van der Waals surface area contributed by atoms with Crippen LogP contribution in [0.25, 0.3) is 0 Å². The Morgan fingerprint density at radius 1 is 1.23 bits per heavy atom. The van der Waals surface area contributed by atoms with Crippen LogP contribution < -0.4 is 10.6 Å². The smallest absolute Gasteiger partial charge is 0.410 e. The van der Waals surface area contributed by atoms with E-state index in [4.69, 9.17) is 4.74 Å². The fourth-order valence-electron chi connectivity index (χ4n) is 2.11. The van der Waals surface area contributed by atoms with Crippen molar-refractivity contribution < 1.29 is 13.7 Å². The van der Waals surface area contributed by atoms with Gasteiger partial charge in [-0.1, -0.05) is 0 Å². The molecule has 0 spiro atoms. The Morgan fingerprint density at radius 2 is 1.81 bits per heavy atom. The second-order valence-corrected chi connectivity index (χ2v) is 10.5. The molecule has 1 aliphatic rings. The van der Waals surface area contributed by atoms with Crippen LogP contribution in [0.1, 0.15) is 48.5 Å². The number of halogens is 1. The van der Waals surface area contributed by atoms with Crippen molar-refractivity contribution in [3.8, 4) is 0 Å². The lowest BCUT2D eigenvalue weighted by atomic mass is 10.1. The van der Waals surface area contributed by atoms with E-state index >= 15 is 0 Å². The fraction of sp³-hybridized carbons (Fsp3) is 0.882. The van der Waals surface area contributed by atoms with Crippen LogP contribution in [-0.4, -0.2) is 69.5 Å². The molecule has 9 heteroatoms. The molecule has 0 aromatic heterocycles. The lowest BCUT2D eigenvalue weighted by molar-refractivity contribution is 0.00701. The van der Waals surface area contributed by atoms with Crippen LogP contribution in [-0.2, 0) is 15.5 Å². The molecule has 0 aromatic carbocycles. The van der Waals surface area contributed by atoms with Gasteiger partial charge in [0, 0.05) is 40.9 Å². The Kier molecular flexibility index (Phi) is 10.4. The van der Waals surface area contributed by atoms with E-state index in [1.807, 2.05) is 48.5 Å². The molecule has 1 heterocycles. The van der Waals surface area contributed by atoms with Gasteiger partial charge in [-0.25, -0.2) is 4.79 Å². The van der Waals surface area contributed by atoms with Crippen LogP contribution >= 0.6 is 24.0 Å². The number of ether oxygens (including phenoxy) is 1. The second-order valence-electron chi connectivity index (χ2n) is 8.15. The lowest BCUT2D eigenvalue weighted by Crippen LogP contribution is -2.63. The summed E-state index contributed by atoms with van der Waals surface area (Å²) in [5, 5.41) is 6.49. The minimum absolute atomic E-state index is 0. The van der Waals surface area contributed by atoms with E-state index in [9.17, 15) is 9.00 Å². The summed E-state index contributed by atoms with van der Waals surface area (Å²) in [5.41, 5.74) is -0.477. The standard InChI is InChI=1S/C17H34N4O3S.HI/c1-8-18-14(19-9-10-25(23)17(5,6)7)20-13-11-21(12-13)15(22)24-16(2,3)4;/h13H,8-12H2,1-7H3,(H2,18,19,20);1H. The van der Waals surface area contributed by atoms with E-state index in [-0.39, 0.29) is 40.9 Å². The molecular weight excluding hydrogens is 467 g/mol. The molecule has 1 fully saturated rings. The van der Waals surface area contributed by atoms with Crippen LogP contribution in [0, 0.1) is 0 Å². The van der Waals surface area contributed by atoms with E-state index in [1.54, 1.807) is 4.90 Å². The summed E-state index contributed by atoms with van der Waals surface area (Å²) in [6.45, 7) is 15.9. The highest BCUT2D eigenvalue weighted by Crippen LogP contribution is 2.15. The summed E-state index contributed by atoms with van der Waals surface area (Å²) in [5.74, 6) is 1.23. The van der Waals surface area contributed by atoms with Gasteiger partial charge in [-0.15, -0.1) is 24.0 Å². The maximum absolute atomic E-state index is 12.1. The number of rotatable bonds is 5. The van der Waals surface area contributed by atoms with Gasteiger partial charge < -0.3 is 20.3 Å². The number of amides is 1. The van der Waals surface area contributed by atoms with E-state index in [1.165, 1.54) is 0 Å². The van der Waals surface area contributed by atoms with Crippen molar-refractivity contribution in [2.24, 2.45) is 4.99 Å². The average molecular weight is 502 g/mol. The van der Waals surface area contributed by atoms with Gasteiger partial charge in [-0.2, -0.15) is 0 Å². The molecule has 0 radical (unpaired) electrons. The van der Waals surface area contributed by atoms with Gasteiger partial charge in [-0.05, 0) is 48.5 Å². The number of aliphatic imine (C=N–C) groups is 1. The highest BCUT2D eigenvalue weighted by atomic mass is 127. The molecule has 1 aliphatic heterocycles. The zero-order chi connectivity index (χ0) is 19.3. The van der Waals surface area contributed by atoms with Gasteiger partial charge >= 0.3 is 6.09 Å². The molecule has 2 N–H and O–H groups in total. The Morgan fingerprint density at radius 3 is 2.27 bits per heavy atom. The maximum Gasteiger partial charge on any atom is 0.410 e. The number of nitrogens with zero attached hydrogens (tertiary/aromatic N) is 2. The topological polar surface area (TPSA) is 83.0 Å². The third-order valence-electron chi connectivity index (χ3n) is 3.45. The van der Waals surface area contributed by atoms with Crippen LogP contribution in [0.2, 0.25) is 0 Å². The molecule has 0 aliphatic carbocycles. The molecule has 0 saturated carbocycles. The maximum atomic E-state index is 12.1. The quantitative estimate of drug-likeness (QED) is 0.343.